The number of ether oxygens (including phenoxy) is 2. The van der Waals surface area contributed by atoms with E-state index in [-0.39, 0.29) is 12.6 Å². The Labute approximate surface area is 113 Å². The number of carbonyl (C=O) groups excluding carboxylic acids is 1. The van der Waals surface area contributed by atoms with E-state index in [2.05, 4.69) is 0 Å². The van der Waals surface area contributed by atoms with Gasteiger partial charge in [0.2, 0.25) is 0 Å². The largest absolute Gasteiger partial charge is 0.480 e. The maximum atomic E-state index is 12.1. The van der Waals surface area contributed by atoms with Gasteiger partial charge >= 0.3 is 12.1 Å². The Balaban J connectivity index is 2.76. The van der Waals surface area contributed by atoms with Crippen molar-refractivity contribution in [3.63, 3.8) is 0 Å². The second-order valence-electron chi connectivity index (χ2n) is 5.64. The van der Waals surface area contributed by atoms with Gasteiger partial charge in [0.15, 0.2) is 0 Å². The standard InChI is InChI=1S/C13H23NO5/c1-5-18-9-6-7-10(11(15)16)14(8-9)12(17)19-13(2,3)4/h9-10H,5-8H2,1-4H3,(H,15,16). The van der Waals surface area contributed by atoms with Crippen LogP contribution in [0.25, 0.3) is 0 Å². The van der Waals surface area contributed by atoms with Gasteiger partial charge in [-0.1, -0.05) is 0 Å². The number of carbonyl (C=O) groups is 2. The van der Waals surface area contributed by atoms with Crippen LogP contribution < -0.4 is 0 Å². The highest BCUT2D eigenvalue weighted by molar-refractivity contribution is 5.80. The van der Waals surface area contributed by atoms with Crippen LogP contribution in [0.2, 0.25) is 0 Å². The monoisotopic (exact) mass is 273 g/mol. The fourth-order valence-corrected chi connectivity index (χ4v) is 2.09. The molecular formula is C13H23NO5. The number of carboxylic acids is 1. The smallest absolute Gasteiger partial charge is 0.411 e. The van der Waals surface area contributed by atoms with Gasteiger partial charge in [0.25, 0.3) is 0 Å². The van der Waals surface area contributed by atoms with Crippen LogP contribution in [0.1, 0.15) is 40.5 Å². The summed E-state index contributed by atoms with van der Waals surface area (Å²) in [6.07, 6.45) is 0.320. The Bertz CT molecular complexity index is 336. The van der Waals surface area contributed by atoms with Crippen molar-refractivity contribution in [1.29, 1.82) is 0 Å². The first-order valence-electron chi connectivity index (χ1n) is 6.58. The minimum Gasteiger partial charge on any atom is -0.480 e. The number of hydrogen-bond acceptors (Lipinski definition) is 4. The highest BCUT2D eigenvalue weighted by Gasteiger charge is 2.38. The van der Waals surface area contributed by atoms with Crippen molar-refractivity contribution in [3.05, 3.63) is 0 Å². The number of likely N-dealkylation sites (tertiary alicyclic amines) is 1. The van der Waals surface area contributed by atoms with E-state index in [1.165, 1.54) is 4.90 Å². The molecule has 2 atom stereocenters. The van der Waals surface area contributed by atoms with Gasteiger partial charge in [-0.05, 0) is 40.5 Å². The topological polar surface area (TPSA) is 76.1 Å². The van der Waals surface area contributed by atoms with E-state index >= 15 is 0 Å². The molecular weight excluding hydrogens is 250 g/mol. The van der Waals surface area contributed by atoms with E-state index in [0.717, 1.165) is 0 Å². The zero-order valence-corrected chi connectivity index (χ0v) is 12.0. The number of nitrogens with zero attached hydrogens (tertiary/aromatic N) is 1. The summed E-state index contributed by atoms with van der Waals surface area (Å²) < 4.78 is 10.7. The van der Waals surface area contributed by atoms with E-state index in [1.54, 1.807) is 20.8 Å². The predicted octanol–water partition coefficient (Wildman–Crippen LogP) is 1.88. The van der Waals surface area contributed by atoms with Crippen LogP contribution in [-0.4, -0.2) is 53.0 Å². The lowest BCUT2D eigenvalue weighted by atomic mass is 10.0. The molecule has 0 saturated carbocycles. The van der Waals surface area contributed by atoms with Crippen LogP contribution in [0.5, 0.6) is 0 Å². The first-order chi connectivity index (χ1) is 8.74. The van der Waals surface area contributed by atoms with Gasteiger partial charge in [-0.2, -0.15) is 0 Å². The van der Waals surface area contributed by atoms with Gasteiger partial charge in [0, 0.05) is 6.61 Å². The molecule has 1 fully saturated rings. The van der Waals surface area contributed by atoms with E-state index in [1.807, 2.05) is 6.92 Å². The third-order valence-electron chi connectivity index (χ3n) is 2.85. The van der Waals surface area contributed by atoms with E-state index < -0.39 is 23.7 Å². The maximum absolute atomic E-state index is 12.1. The van der Waals surface area contributed by atoms with Crippen LogP contribution in [-0.2, 0) is 14.3 Å². The quantitative estimate of drug-likeness (QED) is 0.849. The number of aliphatic carboxylic acids is 1. The molecule has 0 bridgehead atoms. The van der Waals surface area contributed by atoms with Crippen LogP contribution in [0.4, 0.5) is 4.79 Å². The van der Waals surface area contributed by atoms with Gasteiger partial charge in [0.05, 0.1) is 12.6 Å². The molecule has 2 unspecified atom stereocenters. The molecule has 1 aliphatic rings. The van der Waals surface area contributed by atoms with Crippen molar-refractivity contribution >= 4 is 12.1 Å². The molecule has 1 N–H and O–H groups in total. The molecule has 0 aromatic carbocycles. The lowest BCUT2D eigenvalue weighted by molar-refractivity contribution is -0.146. The zero-order chi connectivity index (χ0) is 14.6. The van der Waals surface area contributed by atoms with Crippen molar-refractivity contribution in [2.75, 3.05) is 13.2 Å². The van der Waals surface area contributed by atoms with Gasteiger partial charge in [-0.15, -0.1) is 0 Å². The molecule has 1 saturated heterocycles. The van der Waals surface area contributed by atoms with Crippen LogP contribution in [0.15, 0.2) is 0 Å². The molecule has 0 aromatic heterocycles. The number of piperidine rings is 1. The van der Waals surface area contributed by atoms with Gasteiger partial charge in [-0.25, -0.2) is 9.59 Å². The highest BCUT2D eigenvalue weighted by atomic mass is 16.6. The third kappa shape index (κ3) is 4.70. The van der Waals surface area contributed by atoms with Crippen molar-refractivity contribution < 1.29 is 24.2 Å². The van der Waals surface area contributed by atoms with Crippen LogP contribution in [0, 0.1) is 0 Å². The van der Waals surface area contributed by atoms with E-state index in [4.69, 9.17) is 9.47 Å². The van der Waals surface area contributed by atoms with Crippen molar-refractivity contribution in [1.82, 2.24) is 4.90 Å². The minimum atomic E-state index is -0.999. The average Bonchev–Trinajstić information content (AvgIpc) is 2.26. The molecule has 0 aliphatic carbocycles. The summed E-state index contributed by atoms with van der Waals surface area (Å²) in [6.45, 7) is 7.95. The minimum absolute atomic E-state index is 0.117. The molecule has 0 radical (unpaired) electrons. The van der Waals surface area contributed by atoms with Gasteiger partial charge in [-0.3, -0.25) is 4.90 Å². The molecule has 19 heavy (non-hydrogen) atoms. The van der Waals surface area contributed by atoms with Crippen LogP contribution >= 0.6 is 0 Å². The zero-order valence-electron chi connectivity index (χ0n) is 12.0. The first kappa shape index (κ1) is 15.8. The molecule has 6 nitrogen and oxygen atoms in total. The molecule has 1 rings (SSSR count). The lowest BCUT2D eigenvalue weighted by Gasteiger charge is -2.37. The summed E-state index contributed by atoms with van der Waals surface area (Å²) in [5.74, 6) is -0.999. The molecule has 0 spiro atoms. The highest BCUT2D eigenvalue weighted by Crippen LogP contribution is 2.22. The Morgan fingerprint density at radius 2 is 1.95 bits per heavy atom. The molecule has 110 valence electrons. The summed E-state index contributed by atoms with van der Waals surface area (Å²) in [5, 5.41) is 9.18. The van der Waals surface area contributed by atoms with Crippen molar-refractivity contribution in [2.45, 2.75) is 58.3 Å². The second kappa shape index (κ2) is 6.23. The number of rotatable bonds is 3. The first-order valence-corrected chi connectivity index (χ1v) is 6.58. The van der Waals surface area contributed by atoms with Crippen molar-refractivity contribution in [2.24, 2.45) is 0 Å². The van der Waals surface area contributed by atoms with Gasteiger partial charge in [0.1, 0.15) is 11.6 Å². The molecule has 1 heterocycles. The molecule has 1 aliphatic heterocycles. The van der Waals surface area contributed by atoms with E-state index in [0.29, 0.717) is 19.4 Å². The average molecular weight is 273 g/mol. The maximum Gasteiger partial charge on any atom is 0.411 e. The molecule has 6 heteroatoms. The van der Waals surface area contributed by atoms with Gasteiger partial charge < -0.3 is 14.6 Å². The lowest BCUT2D eigenvalue weighted by Crippen LogP contribution is -2.53. The summed E-state index contributed by atoms with van der Waals surface area (Å²) in [5.41, 5.74) is -0.640. The molecule has 1 amide bonds. The number of hydrogen-bond donors (Lipinski definition) is 1. The summed E-state index contributed by atoms with van der Waals surface area (Å²) in [7, 11) is 0. The number of amides is 1. The molecule has 0 aromatic rings. The fourth-order valence-electron chi connectivity index (χ4n) is 2.09. The number of carboxylic acid groups (broad SMARTS) is 1. The van der Waals surface area contributed by atoms with E-state index in [9.17, 15) is 14.7 Å². The Morgan fingerprint density at radius 3 is 2.42 bits per heavy atom. The predicted molar refractivity (Wildman–Crippen MR) is 69.0 cm³/mol. The second-order valence-corrected chi connectivity index (χ2v) is 5.64. The van der Waals surface area contributed by atoms with Crippen LogP contribution in [0.3, 0.4) is 0 Å². The normalized spacial score (nSPS) is 24.1. The Hall–Kier alpha value is -1.30. The summed E-state index contributed by atoms with van der Waals surface area (Å²) in [6, 6.07) is -0.827. The summed E-state index contributed by atoms with van der Waals surface area (Å²) >= 11 is 0. The SMILES string of the molecule is CCOC1CCC(C(=O)O)N(C(=O)OC(C)(C)C)C1. The Kier molecular flexibility index (Phi) is 5.17. The Morgan fingerprint density at radius 1 is 1.32 bits per heavy atom. The fraction of sp³-hybridized carbons (Fsp3) is 0.846. The van der Waals surface area contributed by atoms with Crippen molar-refractivity contribution in [3.8, 4) is 0 Å². The third-order valence-corrected chi connectivity index (χ3v) is 2.85. The summed E-state index contributed by atoms with van der Waals surface area (Å²) in [4.78, 5) is 24.5.